The standard InChI is InChI=1S/C14H15ClS/c1-14(2,3)13-9-8-12(16-13)10-6-4-5-7-11(10)15/h4-9H,1-3H3. The van der Waals surface area contributed by atoms with Gasteiger partial charge in [-0.05, 0) is 23.6 Å². The molecule has 0 fully saturated rings. The van der Waals surface area contributed by atoms with Crippen LogP contribution in [0.2, 0.25) is 5.02 Å². The SMILES string of the molecule is CC(C)(C)c1ccc(-c2ccccc2Cl)s1. The molecule has 0 spiro atoms. The average Bonchev–Trinajstić information content (AvgIpc) is 2.66. The van der Waals surface area contributed by atoms with Crippen molar-refractivity contribution in [3.8, 4) is 10.4 Å². The van der Waals surface area contributed by atoms with Crippen LogP contribution in [0.1, 0.15) is 25.6 Å². The van der Waals surface area contributed by atoms with E-state index in [0.29, 0.717) is 0 Å². The number of benzene rings is 1. The monoisotopic (exact) mass is 250 g/mol. The molecule has 2 rings (SSSR count). The molecule has 0 aliphatic heterocycles. The lowest BCUT2D eigenvalue weighted by Gasteiger charge is -2.15. The third-order valence-electron chi connectivity index (χ3n) is 2.48. The summed E-state index contributed by atoms with van der Waals surface area (Å²) < 4.78 is 0. The molecule has 1 aromatic carbocycles. The van der Waals surface area contributed by atoms with Crippen molar-refractivity contribution < 1.29 is 0 Å². The van der Waals surface area contributed by atoms with Crippen LogP contribution in [0.4, 0.5) is 0 Å². The van der Waals surface area contributed by atoms with Gasteiger partial charge in [0.25, 0.3) is 0 Å². The molecule has 1 heterocycles. The molecule has 16 heavy (non-hydrogen) atoms. The number of rotatable bonds is 1. The third kappa shape index (κ3) is 2.31. The first-order valence-electron chi connectivity index (χ1n) is 5.34. The molecule has 0 unspecified atom stereocenters. The van der Waals surface area contributed by atoms with Gasteiger partial charge in [-0.1, -0.05) is 50.6 Å². The van der Waals surface area contributed by atoms with E-state index in [9.17, 15) is 0 Å². The number of hydrogen-bond acceptors (Lipinski definition) is 1. The van der Waals surface area contributed by atoms with Crippen molar-refractivity contribution in [3.63, 3.8) is 0 Å². The van der Waals surface area contributed by atoms with E-state index in [2.05, 4.69) is 39.0 Å². The fourth-order valence-electron chi connectivity index (χ4n) is 1.55. The lowest BCUT2D eigenvalue weighted by atomic mass is 9.95. The van der Waals surface area contributed by atoms with E-state index in [0.717, 1.165) is 10.6 Å². The number of thiophene rings is 1. The summed E-state index contributed by atoms with van der Waals surface area (Å²) >= 11 is 8.01. The zero-order valence-corrected chi connectivity index (χ0v) is 11.3. The van der Waals surface area contributed by atoms with Gasteiger partial charge in [0.05, 0.1) is 0 Å². The zero-order chi connectivity index (χ0) is 11.8. The zero-order valence-electron chi connectivity index (χ0n) is 9.75. The van der Waals surface area contributed by atoms with Crippen LogP contribution < -0.4 is 0 Å². The Morgan fingerprint density at radius 2 is 1.69 bits per heavy atom. The van der Waals surface area contributed by atoms with Gasteiger partial charge >= 0.3 is 0 Å². The molecule has 0 nitrogen and oxygen atoms in total. The molecule has 0 aliphatic rings. The van der Waals surface area contributed by atoms with E-state index in [-0.39, 0.29) is 5.41 Å². The predicted octanol–water partition coefficient (Wildman–Crippen LogP) is 5.37. The van der Waals surface area contributed by atoms with Gasteiger partial charge in [-0.2, -0.15) is 0 Å². The summed E-state index contributed by atoms with van der Waals surface area (Å²) in [4.78, 5) is 2.64. The van der Waals surface area contributed by atoms with Crippen molar-refractivity contribution in [1.29, 1.82) is 0 Å². The van der Waals surface area contributed by atoms with E-state index >= 15 is 0 Å². The first-order valence-corrected chi connectivity index (χ1v) is 6.53. The van der Waals surface area contributed by atoms with E-state index in [1.807, 2.05) is 29.5 Å². The van der Waals surface area contributed by atoms with Gasteiger partial charge in [0.1, 0.15) is 0 Å². The van der Waals surface area contributed by atoms with Crippen LogP contribution >= 0.6 is 22.9 Å². The maximum atomic E-state index is 6.19. The minimum atomic E-state index is 0.212. The van der Waals surface area contributed by atoms with Crippen molar-refractivity contribution in [2.24, 2.45) is 0 Å². The lowest BCUT2D eigenvalue weighted by Crippen LogP contribution is -2.07. The second-order valence-corrected chi connectivity index (χ2v) is 6.38. The first kappa shape index (κ1) is 11.7. The van der Waals surface area contributed by atoms with Gasteiger partial charge < -0.3 is 0 Å². The summed E-state index contributed by atoms with van der Waals surface area (Å²) in [6, 6.07) is 12.4. The van der Waals surface area contributed by atoms with Crippen LogP contribution in [-0.4, -0.2) is 0 Å². The normalized spacial score (nSPS) is 11.8. The average molecular weight is 251 g/mol. The molecule has 84 valence electrons. The predicted molar refractivity (Wildman–Crippen MR) is 73.5 cm³/mol. The third-order valence-corrected chi connectivity index (χ3v) is 4.36. The Balaban J connectivity index is 2.44. The molecule has 0 atom stereocenters. The molecule has 0 radical (unpaired) electrons. The smallest absolute Gasteiger partial charge is 0.0492 e. The molecular weight excluding hydrogens is 236 g/mol. The second-order valence-electron chi connectivity index (χ2n) is 4.89. The fourth-order valence-corrected chi connectivity index (χ4v) is 2.94. The summed E-state index contributed by atoms with van der Waals surface area (Å²) in [5, 5.41) is 0.824. The highest BCUT2D eigenvalue weighted by atomic mass is 35.5. The molecule has 1 aromatic heterocycles. The van der Waals surface area contributed by atoms with Gasteiger partial charge in [-0.3, -0.25) is 0 Å². The topological polar surface area (TPSA) is 0 Å². The molecule has 0 N–H and O–H groups in total. The maximum absolute atomic E-state index is 6.19. The quantitative estimate of drug-likeness (QED) is 0.639. The Morgan fingerprint density at radius 3 is 2.25 bits per heavy atom. The van der Waals surface area contributed by atoms with Crippen LogP contribution in [0.5, 0.6) is 0 Å². The Morgan fingerprint density at radius 1 is 1.00 bits per heavy atom. The van der Waals surface area contributed by atoms with Crippen molar-refractivity contribution >= 4 is 22.9 Å². The Labute approximate surface area is 106 Å². The summed E-state index contributed by atoms with van der Waals surface area (Å²) in [5.41, 5.74) is 1.34. The summed E-state index contributed by atoms with van der Waals surface area (Å²) in [6.45, 7) is 6.69. The van der Waals surface area contributed by atoms with E-state index in [1.54, 1.807) is 0 Å². The number of hydrogen-bond donors (Lipinski definition) is 0. The van der Waals surface area contributed by atoms with Crippen LogP contribution in [0, 0.1) is 0 Å². The molecule has 0 saturated heterocycles. The Bertz CT molecular complexity index is 491. The minimum Gasteiger partial charge on any atom is -0.140 e. The maximum Gasteiger partial charge on any atom is 0.0492 e. The van der Waals surface area contributed by atoms with E-state index in [1.165, 1.54) is 9.75 Å². The Hall–Kier alpha value is -0.790. The molecule has 2 aromatic rings. The van der Waals surface area contributed by atoms with Gasteiger partial charge in [0.2, 0.25) is 0 Å². The molecule has 2 heteroatoms. The first-order chi connectivity index (χ1) is 7.48. The molecule has 0 bridgehead atoms. The van der Waals surface area contributed by atoms with Gasteiger partial charge in [-0.15, -0.1) is 11.3 Å². The molecule has 0 aliphatic carbocycles. The van der Waals surface area contributed by atoms with Gasteiger partial charge in [-0.25, -0.2) is 0 Å². The largest absolute Gasteiger partial charge is 0.140 e. The Kier molecular flexibility index (Phi) is 3.09. The fraction of sp³-hybridized carbons (Fsp3) is 0.286. The van der Waals surface area contributed by atoms with E-state index < -0.39 is 0 Å². The lowest BCUT2D eigenvalue weighted by molar-refractivity contribution is 0.604. The highest BCUT2D eigenvalue weighted by molar-refractivity contribution is 7.15. The van der Waals surface area contributed by atoms with Crippen LogP contribution in [0.15, 0.2) is 36.4 Å². The van der Waals surface area contributed by atoms with Gasteiger partial charge in [0, 0.05) is 20.3 Å². The minimum absolute atomic E-state index is 0.212. The van der Waals surface area contributed by atoms with Crippen molar-refractivity contribution in [1.82, 2.24) is 0 Å². The highest BCUT2D eigenvalue weighted by Gasteiger charge is 2.17. The molecule has 0 amide bonds. The van der Waals surface area contributed by atoms with E-state index in [4.69, 9.17) is 11.6 Å². The van der Waals surface area contributed by atoms with Crippen LogP contribution in [0.25, 0.3) is 10.4 Å². The van der Waals surface area contributed by atoms with Crippen molar-refractivity contribution in [3.05, 3.63) is 46.3 Å². The highest BCUT2D eigenvalue weighted by Crippen LogP contribution is 2.37. The van der Waals surface area contributed by atoms with Crippen LogP contribution in [0.3, 0.4) is 0 Å². The van der Waals surface area contributed by atoms with Gasteiger partial charge in [0.15, 0.2) is 0 Å². The molecular formula is C14H15ClS. The second kappa shape index (κ2) is 4.23. The number of halogens is 1. The van der Waals surface area contributed by atoms with Crippen molar-refractivity contribution in [2.45, 2.75) is 26.2 Å². The van der Waals surface area contributed by atoms with Crippen molar-refractivity contribution in [2.75, 3.05) is 0 Å². The van der Waals surface area contributed by atoms with Crippen LogP contribution in [-0.2, 0) is 5.41 Å². The summed E-state index contributed by atoms with van der Waals surface area (Å²) in [6.07, 6.45) is 0. The summed E-state index contributed by atoms with van der Waals surface area (Å²) in [7, 11) is 0. The molecule has 0 saturated carbocycles. The summed E-state index contributed by atoms with van der Waals surface area (Å²) in [5.74, 6) is 0.